The number of nitrogens with one attached hydrogen (secondary N) is 1. The second-order valence-corrected chi connectivity index (χ2v) is 8.93. The molecule has 0 aliphatic carbocycles. The summed E-state index contributed by atoms with van der Waals surface area (Å²) in [6, 6.07) is 6.99. The third-order valence-corrected chi connectivity index (χ3v) is 7.08. The summed E-state index contributed by atoms with van der Waals surface area (Å²) in [7, 11) is -1.21. The number of nitrogens with zero attached hydrogens (tertiary/aromatic N) is 2. The molecule has 0 spiro atoms. The Labute approximate surface area is 150 Å². The minimum atomic E-state index is -3.17. The SMILES string of the molecule is CNCCC1CCN(C(=O)c2ccc(N3CCCS3(=O)=O)cc2)CC1. The highest BCUT2D eigenvalue weighted by Crippen LogP contribution is 2.25. The van der Waals surface area contributed by atoms with Crippen molar-refractivity contribution in [2.45, 2.75) is 25.7 Å². The van der Waals surface area contributed by atoms with Crippen LogP contribution in [0.25, 0.3) is 0 Å². The molecule has 138 valence electrons. The molecular formula is C18H27N3O3S. The maximum absolute atomic E-state index is 12.7. The van der Waals surface area contributed by atoms with Gasteiger partial charge in [0, 0.05) is 25.2 Å². The van der Waals surface area contributed by atoms with Gasteiger partial charge in [0.15, 0.2) is 0 Å². The van der Waals surface area contributed by atoms with Crippen LogP contribution in [0.3, 0.4) is 0 Å². The molecule has 2 aliphatic heterocycles. The van der Waals surface area contributed by atoms with Gasteiger partial charge in [0.2, 0.25) is 10.0 Å². The van der Waals surface area contributed by atoms with Crippen molar-refractivity contribution in [1.82, 2.24) is 10.2 Å². The minimum absolute atomic E-state index is 0.0443. The van der Waals surface area contributed by atoms with E-state index in [0.29, 0.717) is 30.1 Å². The van der Waals surface area contributed by atoms with Crippen LogP contribution in [0.4, 0.5) is 5.69 Å². The smallest absolute Gasteiger partial charge is 0.253 e. The molecule has 1 aromatic rings. The maximum atomic E-state index is 12.7. The first kappa shape index (κ1) is 18.2. The number of amides is 1. The van der Waals surface area contributed by atoms with Crippen LogP contribution in [-0.2, 0) is 10.0 Å². The summed E-state index contributed by atoms with van der Waals surface area (Å²) < 4.78 is 25.4. The van der Waals surface area contributed by atoms with Gasteiger partial charge in [-0.05, 0) is 69.5 Å². The number of likely N-dealkylation sites (tertiary alicyclic amines) is 1. The number of carbonyl (C=O) groups excluding carboxylic acids is 1. The van der Waals surface area contributed by atoms with Crippen LogP contribution >= 0.6 is 0 Å². The van der Waals surface area contributed by atoms with Crippen molar-refractivity contribution >= 4 is 21.6 Å². The minimum Gasteiger partial charge on any atom is -0.339 e. The van der Waals surface area contributed by atoms with Crippen LogP contribution in [0.1, 0.15) is 36.0 Å². The molecule has 0 unspecified atom stereocenters. The number of benzene rings is 1. The van der Waals surface area contributed by atoms with Gasteiger partial charge >= 0.3 is 0 Å². The van der Waals surface area contributed by atoms with Crippen LogP contribution in [0.15, 0.2) is 24.3 Å². The molecular weight excluding hydrogens is 338 g/mol. The van der Waals surface area contributed by atoms with E-state index < -0.39 is 10.0 Å². The average Bonchev–Trinajstić information content (AvgIpc) is 2.99. The highest BCUT2D eigenvalue weighted by molar-refractivity contribution is 7.93. The van der Waals surface area contributed by atoms with Gasteiger partial charge in [-0.25, -0.2) is 8.42 Å². The van der Waals surface area contributed by atoms with Crippen molar-refractivity contribution in [3.8, 4) is 0 Å². The van der Waals surface area contributed by atoms with Gasteiger partial charge in [0.1, 0.15) is 0 Å². The maximum Gasteiger partial charge on any atom is 0.253 e. The Morgan fingerprint density at radius 2 is 1.84 bits per heavy atom. The van der Waals surface area contributed by atoms with Gasteiger partial charge < -0.3 is 10.2 Å². The van der Waals surface area contributed by atoms with Gasteiger partial charge in [-0.2, -0.15) is 0 Å². The van der Waals surface area contributed by atoms with Crippen molar-refractivity contribution in [1.29, 1.82) is 0 Å². The number of anilines is 1. The fraction of sp³-hybridized carbons (Fsp3) is 0.611. The number of hydrogen-bond acceptors (Lipinski definition) is 4. The van der Waals surface area contributed by atoms with Gasteiger partial charge in [0.25, 0.3) is 5.91 Å². The summed E-state index contributed by atoms with van der Waals surface area (Å²) in [4.78, 5) is 14.6. The first-order valence-corrected chi connectivity index (χ1v) is 10.7. The molecule has 2 heterocycles. The lowest BCUT2D eigenvalue weighted by molar-refractivity contribution is 0.0687. The van der Waals surface area contributed by atoms with E-state index in [0.717, 1.165) is 38.9 Å². The Bertz CT molecular complexity index is 695. The van der Waals surface area contributed by atoms with E-state index in [1.54, 1.807) is 24.3 Å². The predicted octanol–water partition coefficient (Wildman–Crippen LogP) is 1.69. The Hall–Kier alpha value is -1.60. The first-order chi connectivity index (χ1) is 12.0. The van der Waals surface area contributed by atoms with Crippen LogP contribution in [0.5, 0.6) is 0 Å². The van der Waals surface area contributed by atoms with E-state index in [2.05, 4.69) is 5.32 Å². The number of rotatable bonds is 5. The van der Waals surface area contributed by atoms with Crippen molar-refractivity contribution in [2.75, 3.05) is 43.3 Å². The van der Waals surface area contributed by atoms with E-state index in [-0.39, 0.29) is 11.7 Å². The summed E-state index contributed by atoms with van der Waals surface area (Å²) in [6.07, 6.45) is 3.93. The predicted molar refractivity (Wildman–Crippen MR) is 99.4 cm³/mol. The van der Waals surface area contributed by atoms with Crippen LogP contribution < -0.4 is 9.62 Å². The summed E-state index contributed by atoms with van der Waals surface area (Å²) >= 11 is 0. The van der Waals surface area contributed by atoms with Crippen LogP contribution in [0, 0.1) is 5.92 Å². The highest BCUT2D eigenvalue weighted by Gasteiger charge is 2.29. The molecule has 25 heavy (non-hydrogen) atoms. The van der Waals surface area contributed by atoms with Crippen molar-refractivity contribution < 1.29 is 13.2 Å². The largest absolute Gasteiger partial charge is 0.339 e. The summed E-state index contributed by atoms with van der Waals surface area (Å²) in [6.45, 7) is 3.15. The first-order valence-electron chi connectivity index (χ1n) is 9.05. The Balaban J connectivity index is 1.60. The van der Waals surface area contributed by atoms with E-state index >= 15 is 0 Å². The number of piperidine rings is 1. The fourth-order valence-electron chi connectivity index (χ4n) is 3.66. The molecule has 7 heteroatoms. The molecule has 0 atom stereocenters. The fourth-order valence-corrected chi connectivity index (χ4v) is 5.22. The van der Waals surface area contributed by atoms with Crippen LogP contribution in [0.2, 0.25) is 0 Å². The monoisotopic (exact) mass is 365 g/mol. The molecule has 1 aromatic carbocycles. The summed E-state index contributed by atoms with van der Waals surface area (Å²) in [5, 5.41) is 3.18. The lowest BCUT2D eigenvalue weighted by Gasteiger charge is -2.32. The summed E-state index contributed by atoms with van der Waals surface area (Å²) in [5.74, 6) is 0.943. The van der Waals surface area contributed by atoms with Gasteiger partial charge in [-0.3, -0.25) is 9.10 Å². The molecule has 0 aromatic heterocycles. The molecule has 1 amide bonds. The Kier molecular flexibility index (Phi) is 5.64. The lowest BCUT2D eigenvalue weighted by atomic mass is 9.93. The lowest BCUT2D eigenvalue weighted by Crippen LogP contribution is -2.39. The van der Waals surface area contributed by atoms with Crippen molar-refractivity contribution in [2.24, 2.45) is 5.92 Å². The summed E-state index contributed by atoms with van der Waals surface area (Å²) in [5.41, 5.74) is 1.29. The quantitative estimate of drug-likeness (QED) is 0.862. The Morgan fingerprint density at radius 3 is 2.40 bits per heavy atom. The second-order valence-electron chi connectivity index (χ2n) is 6.92. The number of hydrogen-bond donors (Lipinski definition) is 1. The van der Waals surface area contributed by atoms with E-state index in [1.807, 2.05) is 11.9 Å². The van der Waals surface area contributed by atoms with Crippen molar-refractivity contribution in [3.05, 3.63) is 29.8 Å². The third-order valence-electron chi connectivity index (χ3n) is 5.21. The molecule has 0 bridgehead atoms. The number of sulfonamides is 1. The average molecular weight is 365 g/mol. The van der Waals surface area contributed by atoms with E-state index in [1.165, 1.54) is 4.31 Å². The topological polar surface area (TPSA) is 69.7 Å². The zero-order valence-corrected chi connectivity index (χ0v) is 15.6. The van der Waals surface area contributed by atoms with Crippen molar-refractivity contribution in [3.63, 3.8) is 0 Å². The Morgan fingerprint density at radius 1 is 1.16 bits per heavy atom. The molecule has 2 saturated heterocycles. The molecule has 0 radical (unpaired) electrons. The zero-order chi connectivity index (χ0) is 17.9. The molecule has 3 rings (SSSR count). The zero-order valence-electron chi connectivity index (χ0n) is 14.8. The third kappa shape index (κ3) is 4.15. The normalized spacial score (nSPS) is 20.8. The van der Waals surface area contributed by atoms with Gasteiger partial charge in [0.05, 0.1) is 11.4 Å². The molecule has 6 nitrogen and oxygen atoms in total. The molecule has 2 fully saturated rings. The van der Waals surface area contributed by atoms with Gasteiger partial charge in [-0.1, -0.05) is 0 Å². The van der Waals surface area contributed by atoms with Crippen LogP contribution in [-0.4, -0.2) is 58.2 Å². The standard InChI is InChI=1S/C18H27N3O3S/c1-19-10-7-15-8-12-20(13-9-15)18(22)16-3-5-17(6-4-16)21-11-2-14-25(21,23)24/h3-6,15,19H,2,7-14H2,1H3. The van der Waals surface area contributed by atoms with Gasteiger partial charge in [-0.15, -0.1) is 0 Å². The second kappa shape index (κ2) is 7.74. The highest BCUT2D eigenvalue weighted by atomic mass is 32.2. The molecule has 1 N–H and O–H groups in total. The molecule has 2 aliphatic rings. The molecule has 0 saturated carbocycles. The van der Waals surface area contributed by atoms with E-state index in [4.69, 9.17) is 0 Å². The number of carbonyl (C=O) groups is 1. The van der Waals surface area contributed by atoms with E-state index in [9.17, 15) is 13.2 Å².